The summed E-state index contributed by atoms with van der Waals surface area (Å²) in [5.74, 6) is 2.70. The lowest BCUT2D eigenvalue weighted by Gasteiger charge is -2.36. The second kappa shape index (κ2) is 8.52. The molecule has 2 aromatic rings. The molecule has 0 saturated carbocycles. The summed E-state index contributed by atoms with van der Waals surface area (Å²) >= 11 is 0. The molecule has 3 unspecified atom stereocenters. The fourth-order valence-corrected chi connectivity index (χ4v) is 3.71. The number of carbonyl (C=O) groups excluding carboxylic acids is 1. The summed E-state index contributed by atoms with van der Waals surface area (Å²) in [4.78, 5) is 12.8. The molecule has 1 aliphatic rings. The van der Waals surface area contributed by atoms with Crippen molar-refractivity contribution in [3.05, 3.63) is 47.5 Å². The van der Waals surface area contributed by atoms with E-state index in [2.05, 4.69) is 5.32 Å². The minimum Gasteiger partial charge on any atom is -0.493 e. The Morgan fingerprint density at radius 2 is 1.29 bits per heavy atom. The van der Waals surface area contributed by atoms with E-state index >= 15 is 0 Å². The first-order valence-electron chi connectivity index (χ1n) is 9.25. The topological polar surface area (TPSA) is 66.0 Å². The summed E-state index contributed by atoms with van der Waals surface area (Å²) in [6.07, 6.45) is 0.431. The Labute approximate surface area is 165 Å². The number of carbonyl (C=O) groups is 1. The second-order valence-electron chi connectivity index (χ2n) is 6.88. The highest BCUT2D eigenvalue weighted by molar-refractivity contribution is 5.83. The quantitative estimate of drug-likeness (QED) is 0.818. The van der Waals surface area contributed by atoms with Gasteiger partial charge in [-0.1, -0.05) is 19.1 Å². The number of hydrogen-bond acceptors (Lipinski definition) is 6. The van der Waals surface area contributed by atoms with Gasteiger partial charge in [-0.05, 0) is 35.4 Å². The van der Waals surface area contributed by atoms with Gasteiger partial charge in [0.15, 0.2) is 23.0 Å². The zero-order valence-electron chi connectivity index (χ0n) is 16.9. The van der Waals surface area contributed by atoms with Gasteiger partial charge >= 0.3 is 0 Å². The summed E-state index contributed by atoms with van der Waals surface area (Å²) in [7, 11) is 6.43. The molecule has 1 fully saturated rings. The molecule has 1 heterocycles. The molecule has 1 aliphatic heterocycles. The lowest BCUT2D eigenvalue weighted by Crippen LogP contribution is -2.41. The van der Waals surface area contributed by atoms with Crippen molar-refractivity contribution < 1.29 is 23.7 Å². The van der Waals surface area contributed by atoms with E-state index in [-0.39, 0.29) is 23.8 Å². The van der Waals surface area contributed by atoms with Gasteiger partial charge in [0.25, 0.3) is 0 Å². The molecule has 0 aliphatic carbocycles. The molecular weight excluding hydrogens is 358 g/mol. The minimum absolute atomic E-state index is 0.110. The first-order valence-corrected chi connectivity index (χ1v) is 9.25. The van der Waals surface area contributed by atoms with E-state index in [4.69, 9.17) is 18.9 Å². The normalized spacial score (nSPS) is 21.9. The highest BCUT2D eigenvalue weighted by Crippen LogP contribution is 2.39. The van der Waals surface area contributed by atoms with Crippen LogP contribution < -0.4 is 24.3 Å². The van der Waals surface area contributed by atoms with E-state index < -0.39 is 0 Å². The van der Waals surface area contributed by atoms with Gasteiger partial charge in [0, 0.05) is 24.4 Å². The average Bonchev–Trinajstić information content (AvgIpc) is 2.74. The Hall–Kier alpha value is -2.73. The van der Waals surface area contributed by atoms with Crippen LogP contribution in [0.5, 0.6) is 23.0 Å². The maximum atomic E-state index is 12.8. The third-order valence-electron chi connectivity index (χ3n) is 5.37. The van der Waals surface area contributed by atoms with Gasteiger partial charge in [-0.25, -0.2) is 0 Å². The van der Waals surface area contributed by atoms with Crippen LogP contribution in [0, 0.1) is 5.92 Å². The molecule has 6 nitrogen and oxygen atoms in total. The highest BCUT2D eigenvalue weighted by Gasteiger charge is 2.35. The van der Waals surface area contributed by atoms with Crippen molar-refractivity contribution >= 4 is 5.78 Å². The maximum absolute atomic E-state index is 12.8. The predicted molar refractivity (Wildman–Crippen MR) is 106 cm³/mol. The molecule has 0 spiro atoms. The van der Waals surface area contributed by atoms with Crippen molar-refractivity contribution in [3.63, 3.8) is 0 Å². The number of benzene rings is 2. The van der Waals surface area contributed by atoms with Crippen LogP contribution in [0.1, 0.15) is 36.6 Å². The number of nitrogens with one attached hydrogen (secondary N) is 1. The van der Waals surface area contributed by atoms with E-state index in [0.717, 1.165) is 11.1 Å². The van der Waals surface area contributed by atoms with Crippen LogP contribution in [0.15, 0.2) is 36.4 Å². The van der Waals surface area contributed by atoms with E-state index in [0.29, 0.717) is 29.4 Å². The summed E-state index contributed by atoms with van der Waals surface area (Å²) < 4.78 is 21.5. The molecule has 1 saturated heterocycles. The van der Waals surface area contributed by atoms with Gasteiger partial charge in [-0.3, -0.25) is 4.79 Å². The van der Waals surface area contributed by atoms with Crippen LogP contribution in [0.3, 0.4) is 0 Å². The van der Waals surface area contributed by atoms with Crippen molar-refractivity contribution in [2.24, 2.45) is 5.92 Å². The molecule has 3 rings (SSSR count). The molecule has 28 heavy (non-hydrogen) atoms. The molecule has 3 atom stereocenters. The Morgan fingerprint density at radius 1 is 0.786 bits per heavy atom. The van der Waals surface area contributed by atoms with Gasteiger partial charge in [-0.15, -0.1) is 0 Å². The SMILES string of the molecule is COc1ccc(C2CC(=O)C(C)C(c3ccc(OC)c(OC)c3)N2)cc1OC. The molecule has 0 aromatic heterocycles. The van der Waals surface area contributed by atoms with Gasteiger partial charge < -0.3 is 24.3 Å². The van der Waals surface area contributed by atoms with Crippen LogP contribution in [-0.2, 0) is 4.79 Å². The standard InChI is InChI=1S/C22H27NO5/c1-13-17(24)12-16(14-6-8-18(25-2)20(10-14)27-4)23-22(13)15-7-9-19(26-3)21(11-15)28-5/h6-11,13,16,22-23H,12H2,1-5H3. The zero-order chi connectivity index (χ0) is 20.3. The number of hydrogen-bond donors (Lipinski definition) is 1. The second-order valence-corrected chi connectivity index (χ2v) is 6.88. The fraction of sp³-hybridized carbons (Fsp3) is 0.409. The molecule has 6 heteroatoms. The molecule has 0 radical (unpaired) electrons. The first kappa shape index (κ1) is 20.0. The van der Waals surface area contributed by atoms with Crippen LogP contribution in [0.4, 0.5) is 0 Å². The molecule has 2 aromatic carbocycles. The lowest BCUT2D eigenvalue weighted by atomic mass is 9.82. The summed E-state index contributed by atoms with van der Waals surface area (Å²) in [5, 5.41) is 3.63. The van der Waals surface area contributed by atoms with Crippen LogP contribution in [0.25, 0.3) is 0 Å². The van der Waals surface area contributed by atoms with Crippen molar-refractivity contribution in [2.45, 2.75) is 25.4 Å². The number of Topliss-reactive ketones (excluding diaryl/α,β-unsaturated/α-hetero) is 1. The van der Waals surface area contributed by atoms with E-state index in [1.165, 1.54) is 0 Å². The average molecular weight is 385 g/mol. The van der Waals surface area contributed by atoms with Crippen LogP contribution in [-0.4, -0.2) is 34.2 Å². The van der Waals surface area contributed by atoms with Crippen molar-refractivity contribution in [2.75, 3.05) is 28.4 Å². The smallest absolute Gasteiger partial charge is 0.161 e. The molecular formula is C22H27NO5. The predicted octanol–water partition coefficient (Wildman–Crippen LogP) is 3.70. The van der Waals surface area contributed by atoms with Gasteiger partial charge in [0.1, 0.15) is 5.78 Å². The van der Waals surface area contributed by atoms with Crippen LogP contribution >= 0.6 is 0 Å². The summed E-state index contributed by atoms with van der Waals surface area (Å²) in [5.41, 5.74) is 1.98. The van der Waals surface area contributed by atoms with Gasteiger partial charge in [-0.2, -0.15) is 0 Å². The zero-order valence-corrected chi connectivity index (χ0v) is 16.9. The Balaban J connectivity index is 1.93. The summed E-state index contributed by atoms with van der Waals surface area (Å²) in [6.45, 7) is 1.96. The Bertz CT molecular complexity index is 851. The monoisotopic (exact) mass is 385 g/mol. The largest absolute Gasteiger partial charge is 0.493 e. The number of ether oxygens (including phenoxy) is 4. The third-order valence-corrected chi connectivity index (χ3v) is 5.37. The molecule has 1 N–H and O–H groups in total. The van der Waals surface area contributed by atoms with Crippen molar-refractivity contribution in [1.29, 1.82) is 0 Å². The first-order chi connectivity index (χ1) is 13.5. The highest BCUT2D eigenvalue weighted by atomic mass is 16.5. The van der Waals surface area contributed by atoms with Crippen molar-refractivity contribution in [1.82, 2.24) is 5.32 Å². The van der Waals surface area contributed by atoms with Gasteiger partial charge in [0.2, 0.25) is 0 Å². The Morgan fingerprint density at radius 3 is 1.82 bits per heavy atom. The van der Waals surface area contributed by atoms with E-state index in [1.807, 2.05) is 43.3 Å². The van der Waals surface area contributed by atoms with Crippen LogP contribution in [0.2, 0.25) is 0 Å². The number of methoxy groups -OCH3 is 4. The number of ketones is 1. The van der Waals surface area contributed by atoms with E-state index in [9.17, 15) is 4.79 Å². The maximum Gasteiger partial charge on any atom is 0.161 e. The molecule has 0 amide bonds. The third kappa shape index (κ3) is 3.78. The number of rotatable bonds is 6. The van der Waals surface area contributed by atoms with Gasteiger partial charge in [0.05, 0.1) is 28.4 Å². The molecule has 0 bridgehead atoms. The minimum atomic E-state index is -0.144. The van der Waals surface area contributed by atoms with Crippen molar-refractivity contribution in [3.8, 4) is 23.0 Å². The van der Waals surface area contributed by atoms with E-state index in [1.54, 1.807) is 28.4 Å². The Kier molecular flexibility index (Phi) is 6.09. The molecule has 150 valence electrons. The fourth-order valence-electron chi connectivity index (χ4n) is 3.71. The lowest BCUT2D eigenvalue weighted by molar-refractivity contribution is -0.126. The number of piperidine rings is 1. The summed E-state index contributed by atoms with van der Waals surface area (Å²) in [6, 6.07) is 11.3.